The second-order valence-corrected chi connectivity index (χ2v) is 8.60. The molecule has 0 fully saturated rings. The molecule has 0 aromatic heterocycles. The molecule has 0 spiro atoms. The maximum absolute atomic E-state index is 12.9. The summed E-state index contributed by atoms with van der Waals surface area (Å²) in [6, 6.07) is 0. The average Bonchev–Trinajstić information content (AvgIpc) is 2.76. The predicted molar refractivity (Wildman–Crippen MR) is 102 cm³/mol. The molecule has 3 N–H and O–H groups in total. The van der Waals surface area contributed by atoms with Crippen LogP contribution in [0.5, 0.6) is 0 Å². The third-order valence-electron chi connectivity index (χ3n) is 5.57. The zero-order chi connectivity index (χ0) is 20.2. The Bertz CT molecular complexity index is 549. The summed E-state index contributed by atoms with van der Waals surface area (Å²) in [6.45, 7) is 11.5. The minimum absolute atomic E-state index is 0.258. The van der Waals surface area contributed by atoms with Crippen LogP contribution in [0.1, 0.15) is 73.6 Å². The molecule has 0 aromatic rings. The van der Waals surface area contributed by atoms with Crippen molar-refractivity contribution in [1.29, 1.82) is 0 Å². The Balaban J connectivity index is 3.29. The molecule has 0 amide bonds. The van der Waals surface area contributed by atoms with Crippen LogP contribution in [0.2, 0.25) is 0 Å². The van der Waals surface area contributed by atoms with Gasteiger partial charge < -0.3 is 15.3 Å². The van der Waals surface area contributed by atoms with Gasteiger partial charge in [0.15, 0.2) is 17.2 Å². The van der Waals surface area contributed by atoms with E-state index in [1.54, 1.807) is 6.92 Å². The quantitative estimate of drug-likeness (QED) is 0.512. The van der Waals surface area contributed by atoms with E-state index >= 15 is 0 Å². The molecule has 5 nitrogen and oxygen atoms in total. The van der Waals surface area contributed by atoms with Crippen LogP contribution in [0.25, 0.3) is 0 Å². The summed E-state index contributed by atoms with van der Waals surface area (Å²) in [6.07, 6.45) is 1.15. The number of aliphatic hydroxyl groups is 3. The molecule has 0 aromatic carbocycles. The number of hydrogen-bond donors (Lipinski definition) is 3. The van der Waals surface area contributed by atoms with Gasteiger partial charge in [-0.1, -0.05) is 48.0 Å². The number of allylic oxidation sites excluding steroid dienone is 1. The fraction of sp³-hybridized carbons (Fsp3) is 0.810. The molecule has 1 aliphatic rings. The van der Waals surface area contributed by atoms with Crippen LogP contribution in [0, 0.1) is 23.7 Å². The minimum Gasteiger partial charge on any atom is -0.508 e. The van der Waals surface area contributed by atoms with E-state index in [0.717, 1.165) is 0 Å². The monoisotopic (exact) mass is 368 g/mol. The molecule has 5 heteroatoms. The Morgan fingerprint density at radius 1 is 1.08 bits per heavy atom. The molecule has 1 rings (SSSR count). The van der Waals surface area contributed by atoms with Gasteiger partial charge in [-0.05, 0) is 37.5 Å². The Morgan fingerprint density at radius 2 is 1.62 bits per heavy atom. The number of carbonyl (C=O) groups excluding carboxylic acids is 2. The fourth-order valence-electron chi connectivity index (χ4n) is 3.48. The van der Waals surface area contributed by atoms with E-state index in [2.05, 4.69) is 0 Å². The zero-order valence-corrected chi connectivity index (χ0v) is 17.1. The first-order valence-electron chi connectivity index (χ1n) is 9.90. The van der Waals surface area contributed by atoms with E-state index in [0.29, 0.717) is 37.5 Å². The van der Waals surface area contributed by atoms with Crippen molar-refractivity contribution >= 4 is 11.6 Å². The van der Waals surface area contributed by atoms with Crippen molar-refractivity contribution in [3.8, 4) is 0 Å². The van der Waals surface area contributed by atoms with Crippen molar-refractivity contribution in [2.45, 2.75) is 85.4 Å². The molecule has 0 saturated carbocycles. The van der Waals surface area contributed by atoms with Gasteiger partial charge in [-0.15, -0.1) is 0 Å². The molecule has 0 radical (unpaired) electrons. The van der Waals surface area contributed by atoms with Crippen molar-refractivity contribution in [2.24, 2.45) is 23.7 Å². The van der Waals surface area contributed by atoms with Crippen LogP contribution in [-0.2, 0) is 9.59 Å². The van der Waals surface area contributed by atoms with Gasteiger partial charge in [-0.2, -0.15) is 0 Å². The van der Waals surface area contributed by atoms with E-state index in [4.69, 9.17) is 0 Å². The number of hydrogen-bond acceptors (Lipinski definition) is 5. The number of Topliss-reactive ketones (excluding diaryl/α,β-unsaturated/α-hetero) is 2. The van der Waals surface area contributed by atoms with Crippen molar-refractivity contribution in [3.63, 3.8) is 0 Å². The third kappa shape index (κ3) is 4.55. The summed E-state index contributed by atoms with van der Waals surface area (Å²) in [5.74, 6) is -2.39. The van der Waals surface area contributed by atoms with Crippen LogP contribution < -0.4 is 0 Å². The van der Waals surface area contributed by atoms with Crippen molar-refractivity contribution in [3.05, 3.63) is 11.3 Å². The van der Waals surface area contributed by atoms with Crippen LogP contribution in [-0.4, -0.2) is 38.6 Å². The Labute approximate surface area is 157 Å². The molecule has 0 saturated heterocycles. The molecular weight excluding hydrogens is 332 g/mol. The largest absolute Gasteiger partial charge is 0.508 e. The van der Waals surface area contributed by atoms with Gasteiger partial charge in [-0.3, -0.25) is 9.59 Å². The number of carbonyl (C=O) groups is 2. The van der Waals surface area contributed by atoms with E-state index in [1.807, 2.05) is 34.6 Å². The van der Waals surface area contributed by atoms with Gasteiger partial charge in [0.2, 0.25) is 0 Å². The van der Waals surface area contributed by atoms with E-state index in [9.17, 15) is 24.9 Å². The highest BCUT2D eigenvalue weighted by Gasteiger charge is 2.58. The Kier molecular flexibility index (Phi) is 8.03. The summed E-state index contributed by atoms with van der Waals surface area (Å²) < 4.78 is 0. The first kappa shape index (κ1) is 22.8. The molecule has 0 bridgehead atoms. The Morgan fingerprint density at radius 3 is 2.08 bits per heavy atom. The number of ketones is 2. The van der Waals surface area contributed by atoms with E-state index < -0.39 is 40.9 Å². The van der Waals surface area contributed by atoms with E-state index in [1.165, 1.54) is 0 Å². The molecule has 1 unspecified atom stereocenters. The highest BCUT2D eigenvalue weighted by atomic mass is 16.4. The first-order valence-corrected chi connectivity index (χ1v) is 9.90. The molecular formula is C21H36O5. The highest BCUT2D eigenvalue weighted by Crippen LogP contribution is 2.44. The fourth-order valence-corrected chi connectivity index (χ4v) is 3.48. The molecule has 0 heterocycles. The van der Waals surface area contributed by atoms with Gasteiger partial charge >= 0.3 is 0 Å². The van der Waals surface area contributed by atoms with Crippen molar-refractivity contribution < 1.29 is 24.9 Å². The maximum Gasteiger partial charge on any atom is 0.176 e. The third-order valence-corrected chi connectivity index (χ3v) is 5.57. The molecule has 26 heavy (non-hydrogen) atoms. The highest BCUT2D eigenvalue weighted by molar-refractivity contribution is 6.24. The number of rotatable bonds is 10. The summed E-state index contributed by atoms with van der Waals surface area (Å²) in [4.78, 5) is 25.6. The van der Waals surface area contributed by atoms with Crippen molar-refractivity contribution in [1.82, 2.24) is 0 Å². The van der Waals surface area contributed by atoms with E-state index in [-0.39, 0.29) is 12.0 Å². The van der Waals surface area contributed by atoms with Gasteiger partial charge in [0, 0.05) is 5.92 Å². The maximum atomic E-state index is 12.9. The van der Waals surface area contributed by atoms with Gasteiger partial charge in [0.05, 0.1) is 12.0 Å². The average molecular weight is 369 g/mol. The van der Waals surface area contributed by atoms with Gasteiger partial charge in [0.1, 0.15) is 11.3 Å². The standard InChI is InChI=1S/C21H36O5/c1-7-14(6)18(23)17-19(24)15(10-8-12(2)3)21(26,20(17)25)16(22)11-9-13(4)5/h12-16,22,25-26H,7-11H2,1-6H3/t14?,15-,16+,21-/m0/s1. The van der Waals surface area contributed by atoms with Crippen LogP contribution in [0.15, 0.2) is 11.3 Å². The first-order chi connectivity index (χ1) is 12.0. The van der Waals surface area contributed by atoms with Gasteiger partial charge in [0.25, 0.3) is 0 Å². The zero-order valence-electron chi connectivity index (χ0n) is 17.1. The lowest BCUT2D eigenvalue weighted by atomic mass is 9.78. The normalized spacial score (nSPS) is 26.1. The van der Waals surface area contributed by atoms with Gasteiger partial charge in [-0.25, -0.2) is 0 Å². The lowest BCUT2D eigenvalue weighted by Gasteiger charge is -2.34. The van der Waals surface area contributed by atoms with Crippen LogP contribution in [0.4, 0.5) is 0 Å². The number of aliphatic hydroxyl groups excluding tert-OH is 2. The second-order valence-electron chi connectivity index (χ2n) is 8.60. The Hall–Kier alpha value is -1.20. The van der Waals surface area contributed by atoms with Crippen molar-refractivity contribution in [2.75, 3.05) is 0 Å². The minimum atomic E-state index is -2.07. The molecule has 4 atom stereocenters. The smallest absolute Gasteiger partial charge is 0.176 e. The molecule has 0 aliphatic heterocycles. The summed E-state index contributed by atoms with van der Waals surface area (Å²) in [5, 5.41) is 32.6. The topological polar surface area (TPSA) is 94.8 Å². The molecule has 1 aliphatic carbocycles. The lowest BCUT2D eigenvalue weighted by molar-refractivity contribution is -0.137. The lowest BCUT2D eigenvalue weighted by Crippen LogP contribution is -2.49. The van der Waals surface area contributed by atoms with Crippen LogP contribution in [0.3, 0.4) is 0 Å². The predicted octanol–water partition coefficient (Wildman–Crippen LogP) is 3.58. The SMILES string of the molecule is CCC(C)C(=O)C1=C(O)[C@@](O)([C@H](O)CCC(C)C)[C@@H](CCC(C)C)C1=O. The van der Waals surface area contributed by atoms with Crippen LogP contribution >= 0.6 is 0 Å². The molecule has 150 valence electrons. The summed E-state index contributed by atoms with van der Waals surface area (Å²) in [7, 11) is 0. The summed E-state index contributed by atoms with van der Waals surface area (Å²) >= 11 is 0. The second kappa shape index (κ2) is 9.14. The summed E-state index contributed by atoms with van der Waals surface area (Å²) in [5.41, 5.74) is -2.38.